The highest BCUT2D eigenvalue weighted by molar-refractivity contribution is 7.71. The van der Waals surface area contributed by atoms with E-state index in [-0.39, 0.29) is 12.9 Å². The SMILES string of the molecule is C[C@H](Oc1ccc2c(c1)OCO2)c1n[nH]c(=S)n1Cc1ccco1. The zero-order valence-electron chi connectivity index (χ0n) is 12.9. The van der Waals surface area contributed by atoms with Gasteiger partial charge < -0.3 is 18.6 Å². The molecular formula is C16H15N3O4S. The lowest BCUT2D eigenvalue weighted by Crippen LogP contribution is -2.12. The van der Waals surface area contributed by atoms with Crippen molar-refractivity contribution in [2.24, 2.45) is 0 Å². The highest BCUT2D eigenvalue weighted by Crippen LogP contribution is 2.36. The summed E-state index contributed by atoms with van der Waals surface area (Å²) in [4.78, 5) is 0. The van der Waals surface area contributed by atoms with Crippen molar-refractivity contribution in [2.45, 2.75) is 19.6 Å². The van der Waals surface area contributed by atoms with E-state index in [1.807, 2.05) is 35.8 Å². The second-order valence-electron chi connectivity index (χ2n) is 5.33. The van der Waals surface area contributed by atoms with Gasteiger partial charge in [0, 0.05) is 6.07 Å². The number of benzene rings is 1. The maximum atomic E-state index is 5.98. The maximum absolute atomic E-state index is 5.98. The van der Waals surface area contributed by atoms with Crippen molar-refractivity contribution in [1.29, 1.82) is 0 Å². The zero-order valence-corrected chi connectivity index (χ0v) is 13.7. The average Bonchev–Trinajstić information content (AvgIpc) is 3.30. The van der Waals surface area contributed by atoms with Crippen molar-refractivity contribution < 1.29 is 18.6 Å². The molecule has 1 N–H and O–H groups in total. The zero-order chi connectivity index (χ0) is 16.5. The number of H-pyrrole nitrogens is 1. The van der Waals surface area contributed by atoms with Crippen LogP contribution in [0.4, 0.5) is 0 Å². The van der Waals surface area contributed by atoms with Gasteiger partial charge >= 0.3 is 0 Å². The number of fused-ring (bicyclic) bond motifs is 1. The Morgan fingerprint density at radius 3 is 3.04 bits per heavy atom. The van der Waals surface area contributed by atoms with E-state index < -0.39 is 0 Å². The molecule has 3 heterocycles. The van der Waals surface area contributed by atoms with Gasteiger partial charge in [-0.3, -0.25) is 9.67 Å². The van der Waals surface area contributed by atoms with E-state index in [0.29, 0.717) is 28.6 Å². The standard InChI is InChI=1S/C16H15N3O4S/c1-10(23-11-4-5-13-14(7-11)22-9-21-13)15-17-18-16(24)19(15)8-12-3-2-6-20-12/h2-7,10H,8-9H2,1H3,(H,18,24)/t10-/m0/s1. The smallest absolute Gasteiger partial charge is 0.231 e. The van der Waals surface area contributed by atoms with Crippen LogP contribution < -0.4 is 14.2 Å². The number of nitrogens with one attached hydrogen (secondary N) is 1. The Morgan fingerprint density at radius 2 is 2.21 bits per heavy atom. The summed E-state index contributed by atoms with van der Waals surface area (Å²) in [5, 5.41) is 7.10. The van der Waals surface area contributed by atoms with Gasteiger partial charge in [-0.1, -0.05) is 0 Å². The Hall–Kier alpha value is -2.74. The van der Waals surface area contributed by atoms with Gasteiger partial charge in [0.1, 0.15) is 11.5 Å². The van der Waals surface area contributed by atoms with Crippen LogP contribution >= 0.6 is 12.2 Å². The molecule has 0 fully saturated rings. The number of aromatic nitrogens is 3. The second-order valence-corrected chi connectivity index (χ2v) is 5.71. The predicted octanol–water partition coefficient (Wildman–Crippen LogP) is 3.45. The Balaban J connectivity index is 1.56. The van der Waals surface area contributed by atoms with Crippen molar-refractivity contribution in [3.8, 4) is 17.2 Å². The third kappa shape index (κ3) is 2.76. The largest absolute Gasteiger partial charge is 0.483 e. The predicted molar refractivity (Wildman–Crippen MR) is 86.8 cm³/mol. The number of hydrogen-bond acceptors (Lipinski definition) is 6. The molecule has 0 unspecified atom stereocenters. The van der Waals surface area contributed by atoms with Gasteiger partial charge in [-0.05, 0) is 43.4 Å². The summed E-state index contributed by atoms with van der Waals surface area (Å²) >= 11 is 5.31. The Labute approximate surface area is 142 Å². The fourth-order valence-electron chi connectivity index (χ4n) is 2.56. The Bertz CT molecular complexity index is 900. The lowest BCUT2D eigenvalue weighted by atomic mass is 10.3. The molecule has 8 heteroatoms. The van der Waals surface area contributed by atoms with Crippen molar-refractivity contribution in [3.05, 3.63) is 53.0 Å². The average molecular weight is 345 g/mol. The molecule has 1 atom stereocenters. The molecule has 1 aromatic carbocycles. The molecule has 0 radical (unpaired) electrons. The lowest BCUT2D eigenvalue weighted by molar-refractivity contribution is 0.173. The molecule has 4 rings (SSSR count). The highest BCUT2D eigenvalue weighted by Gasteiger charge is 2.19. The maximum Gasteiger partial charge on any atom is 0.231 e. The van der Waals surface area contributed by atoms with Crippen LogP contribution in [-0.4, -0.2) is 21.6 Å². The highest BCUT2D eigenvalue weighted by atomic mass is 32.1. The summed E-state index contributed by atoms with van der Waals surface area (Å²) < 4.78 is 24.4. The van der Waals surface area contributed by atoms with E-state index in [1.165, 1.54) is 0 Å². The normalized spacial score (nSPS) is 13.9. The van der Waals surface area contributed by atoms with Gasteiger partial charge in [0.05, 0.1) is 12.8 Å². The summed E-state index contributed by atoms with van der Waals surface area (Å²) in [5.41, 5.74) is 0. The van der Waals surface area contributed by atoms with Gasteiger partial charge in [-0.2, -0.15) is 5.10 Å². The van der Waals surface area contributed by atoms with Crippen LogP contribution in [0, 0.1) is 4.77 Å². The number of aromatic amines is 1. The number of nitrogens with zero attached hydrogens (tertiary/aromatic N) is 2. The van der Waals surface area contributed by atoms with Crippen molar-refractivity contribution in [2.75, 3.05) is 6.79 Å². The van der Waals surface area contributed by atoms with Crippen LogP contribution in [0.5, 0.6) is 17.2 Å². The van der Waals surface area contributed by atoms with Crippen LogP contribution in [0.25, 0.3) is 0 Å². The molecule has 2 aromatic heterocycles. The van der Waals surface area contributed by atoms with Crippen LogP contribution in [0.3, 0.4) is 0 Å². The van der Waals surface area contributed by atoms with Gasteiger partial charge in [0.2, 0.25) is 6.79 Å². The van der Waals surface area contributed by atoms with Crippen molar-refractivity contribution in [1.82, 2.24) is 14.8 Å². The first kappa shape index (κ1) is 14.8. The summed E-state index contributed by atoms with van der Waals surface area (Å²) in [6.45, 7) is 2.64. The third-order valence-electron chi connectivity index (χ3n) is 3.70. The minimum atomic E-state index is -0.312. The molecule has 0 spiro atoms. The van der Waals surface area contributed by atoms with Crippen molar-refractivity contribution >= 4 is 12.2 Å². The Kier molecular flexibility index (Phi) is 3.73. The molecule has 0 amide bonds. The van der Waals surface area contributed by atoms with E-state index in [2.05, 4.69) is 10.2 Å². The van der Waals surface area contributed by atoms with Crippen LogP contribution in [-0.2, 0) is 6.54 Å². The fourth-order valence-corrected chi connectivity index (χ4v) is 2.76. The minimum Gasteiger partial charge on any atom is -0.483 e. The summed E-state index contributed by atoms with van der Waals surface area (Å²) in [6.07, 6.45) is 1.32. The molecule has 1 aliphatic heterocycles. The van der Waals surface area contributed by atoms with Gasteiger partial charge in [-0.15, -0.1) is 0 Å². The molecule has 24 heavy (non-hydrogen) atoms. The molecule has 7 nitrogen and oxygen atoms in total. The third-order valence-corrected chi connectivity index (χ3v) is 4.01. The fraction of sp³-hybridized carbons (Fsp3) is 0.250. The van der Waals surface area contributed by atoms with E-state index >= 15 is 0 Å². The monoisotopic (exact) mass is 345 g/mol. The van der Waals surface area contributed by atoms with Crippen LogP contribution in [0.15, 0.2) is 41.0 Å². The molecule has 0 bridgehead atoms. The van der Waals surface area contributed by atoms with Crippen molar-refractivity contribution in [3.63, 3.8) is 0 Å². The first-order valence-electron chi connectivity index (χ1n) is 7.44. The molecular weight excluding hydrogens is 330 g/mol. The Morgan fingerprint density at radius 1 is 1.33 bits per heavy atom. The topological polar surface area (TPSA) is 74.4 Å². The number of ether oxygens (including phenoxy) is 3. The van der Waals surface area contributed by atoms with Gasteiger partial charge in [0.15, 0.2) is 28.2 Å². The van der Waals surface area contributed by atoms with Crippen LogP contribution in [0.2, 0.25) is 0 Å². The number of hydrogen-bond donors (Lipinski definition) is 1. The summed E-state index contributed by atoms with van der Waals surface area (Å²) in [5.74, 6) is 3.55. The molecule has 1 aliphatic rings. The van der Waals surface area contributed by atoms with Gasteiger partial charge in [0.25, 0.3) is 0 Å². The summed E-state index contributed by atoms with van der Waals surface area (Å²) in [6, 6.07) is 9.19. The molecule has 0 aliphatic carbocycles. The lowest BCUT2D eigenvalue weighted by Gasteiger charge is -2.15. The van der Waals surface area contributed by atoms with E-state index in [9.17, 15) is 0 Å². The van der Waals surface area contributed by atoms with Crippen LogP contribution in [0.1, 0.15) is 24.6 Å². The number of furan rings is 1. The first-order chi connectivity index (χ1) is 11.7. The number of rotatable bonds is 5. The quantitative estimate of drug-likeness (QED) is 0.714. The molecule has 3 aromatic rings. The molecule has 0 saturated heterocycles. The van der Waals surface area contributed by atoms with Gasteiger partial charge in [-0.25, -0.2) is 0 Å². The van der Waals surface area contributed by atoms with E-state index in [1.54, 1.807) is 12.3 Å². The second kappa shape index (κ2) is 6.04. The van der Waals surface area contributed by atoms with E-state index in [4.69, 9.17) is 30.8 Å². The molecule has 124 valence electrons. The first-order valence-corrected chi connectivity index (χ1v) is 7.85. The van der Waals surface area contributed by atoms with E-state index in [0.717, 1.165) is 11.5 Å². The summed E-state index contributed by atoms with van der Waals surface area (Å²) in [7, 11) is 0. The molecule has 0 saturated carbocycles. The minimum absolute atomic E-state index is 0.232.